The van der Waals surface area contributed by atoms with Crippen LogP contribution in [0.3, 0.4) is 0 Å². The number of hydrogen-bond acceptors (Lipinski definition) is 2. The van der Waals surface area contributed by atoms with E-state index in [1.807, 2.05) is 6.07 Å². The summed E-state index contributed by atoms with van der Waals surface area (Å²) in [5.74, 6) is -0.0758. The van der Waals surface area contributed by atoms with Crippen molar-refractivity contribution in [3.63, 3.8) is 0 Å². The van der Waals surface area contributed by atoms with E-state index < -0.39 is 0 Å². The number of aryl methyl sites for hydroxylation is 1. The van der Waals surface area contributed by atoms with Crippen molar-refractivity contribution in [1.82, 2.24) is 10.2 Å². The highest BCUT2D eigenvalue weighted by Gasteiger charge is 2.22. The summed E-state index contributed by atoms with van der Waals surface area (Å²) in [6, 6.07) is 3.40. The molecule has 0 saturated carbocycles. The van der Waals surface area contributed by atoms with Gasteiger partial charge in [0.25, 0.3) is 0 Å². The zero-order valence-electron chi connectivity index (χ0n) is 12.5. The zero-order valence-corrected chi connectivity index (χ0v) is 12.5. The van der Waals surface area contributed by atoms with Gasteiger partial charge in [-0.2, -0.15) is 0 Å². The Morgan fingerprint density at radius 3 is 2.67 bits per heavy atom. The second kappa shape index (κ2) is 6.70. The standard InChI is InChI=1S/C16H21FN2O2/c1-11-7-14(9-18-12(2)21)15(8-16(11)17)13-3-5-19(10-20)6-4-13/h7-8,10,13H,3-6,9H2,1-2H3,(H,18,21). The lowest BCUT2D eigenvalue weighted by atomic mass is 9.85. The van der Waals surface area contributed by atoms with Crippen molar-refractivity contribution in [2.45, 2.75) is 39.2 Å². The molecule has 1 fully saturated rings. The van der Waals surface area contributed by atoms with Gasteiger partial charge in [0.1, 0.15) is 5.82 Å². The van der Waals surface area contributed by atoms with Crippen LogP contribution in [0.4, 0.5) is 4.39 Å². The lowest BCUT2D eigenvalue weighted by Crippen LogP contribution is -2.32. The molecule has 1 saturated heterocycles. The van der Waals surface area contributed by atoms with Gasteiger partial charge >= 0.3 is 0 Å². The first kappa shape index (κ1) is 15.5. The van der Waals surface area contributed by atoms with Crippen molar-refractivity contribution in [3.8, 4) is 0 Å². The number of benzene rings is 1. The van der Waals surface area contributed by atoms with Crippen molar-refractivity contribution >= 4 is 12.3 Å². The number of carbonyl (C=O) groups is 2. The van der Waals surface area contributed by atoms with Crippen LogP contribution >= 0.6 is 0 Å². The first-order valence-corrected chi connectivity index (χ1v) is 7.24. The summed E-state index contributed by atoms with van der Waals surface area (Å²) in [6.07, 6.45) is 2.52. The minimum absolute atomic E-state index is 0.0984. The molecule has 2 rings (SSSR count). The number of hydrogen-bond donors (Lipinski definition) is 1. The molecule has 21 heavy (non-hydrogen) atoms. The Labute approximate surface area is 124 Å². The van der Waals surface area contributed by atoms with Crippen molar-refractivity contribution in [2.75, 3.05) is 13.1 Å². The monoisotopic (exact) mass is 292 g/mol. The molecule has 0 unspecified atom stereocenters. The molecule has 4 nitrogen and oxygen atoms in total. The molecule has 1 aromatic rings. The smallest absolute Gasteiger partial charge is 0.217 e. The number of nitrogens with zero attached hydrogens (tertiary/aromatic N) is 1. The van der Waals surface area contributed by atoms with E-state index in [0.717, 1.165) is 30.4 Å². The van der Waals surface area contributed by atoms with Crippen LogP contribution in [0.25, 0.3) is 0 Å². The summed E-state index contributed by atoms with van der Waals surface area (Å²) in [4.78, 5) is 23.6. The van der Waals surface area contributed by atoms with Crippen molar-refractivity contribution in [3.05, 3.63) is 34.6 Å². The lowest BCUT2D eigenvalue weighted by Gasteiger charge is -2.30. The second-order valence-corrected chi connectivity index (χ2v) is 5.63. The van der Waals surface area contributed by atoms with Gasteiger partial charge in [-0.25, -0.2) is 4.39 Å². The molecule has 0 atom stereocenters. The molecule has 2 amide bonds. The van der Waals surface area contributed by atoms with E-state index in [9.17, 15) is 14.0 Å². The fraction of sp³-hybridized carbons (Fsp3) is 0.500. The second-order valence-electron chi connectivity index (χ2n) is 5.63. The maximum atomic E-state index is 13.9. The third-order valence-corrected chi connectivity index (χ3v) is 4.07. The molecule has 0 aromatic heterocycles. The molecule has 1 aliphatic rings. The summed E-state index contributed by atoms with van der Waals surface area (Å²) < 4.78 is 13.9. The topological polar surface area (TPSA) is 49.4 Å². The van der Waals surface area contributed by atoms with E-state index >= 15 is 0 Å². The number of carbonyl (C=O) groups excluding carboxylic acids is 2. The third kappa shape index (κ3) is 3.80. The van der Waals surface area contributed by atoms with Crippen LogP contribution in [0.15, 0.2) is 12.1 Å². The van der Waals surface area contributed by atoms with Crippen molar-refractivity contribution < 1.29 is 14.0 Å². The van der Waals surface area contributed by atoms with E-state index in [-0.39, 0.29) is 17.6 Å². The molecular weight excluding hydrogens is 271 g/mol. The van der Waals surface area contributed by atoms with E-state index in [1.165, 1.54) is 6.92 Å². The summed E-state index contributed by atoms with van der Waals surface area (Å²) in [5, 5.41) is 2.78. The quantitative estimate of drug-likeness (QED) is 0.864. The number of likely N-dealkylation sites (tertiary alicyclic amines) is 1. The van der Waals surface area contributed by atoms with E-state index in [2.05, 4.69) is 5.32 Å². The molecule has 0 aliphatic carbocycles. The molecular formula is C16H21FN2O2. The largest absolute Gasteiger partial charge is 0.352 e. The minimum Gasteiger partial charge on any atom is -0.352 e. The molecule has 1 N–H and O–H groups in total. The fourth-order valence-electron chi connectivity index (χ4n) is 2.83. The highest BCUT2D eigenvalue weighted by molar-refractivity contribution is 5.72. The number of piperidine rings is 1. The first-order valence-electron chi connectivity index (χ1n) is 7.24. The molecule has 0 spiro atoms. The van der Waals surface area contributed by atoms with Gasteiger partial charge in [0.2, 0.25) is 12.3 Å². The molecule has 5 heteroatoms. The average Bonchev–Trinajstić information content (AvgIpc) is 2.48. The predicted octanol–water partition coefficient (Wildman–Crippen LogP) is 2.11. The molecule has 0 radical (unpaired) electrons. The molecule has 0 bridgehead atoms. The average molecular weight is 292 g/mol. The van der Waals surface area contributed by atoms with Gasteiger partial charge in [0, 0.05) is 26.6 Å². The highest BCUT2D eigenvalue weighted by Crippen LogP contribution is 2.31. The number of rotatable bonds is 4. The van der Waals surface area contributed by atoms with Crippen LogP contribution in [0.1, 0.15) is 42.4 Å². The Morgan fingerprint density at radius 2 is 2.10 bits per heavy atom. The van der Waals surface area contributed by atoms with Crippen LogP contribution in [0.5, 0.6) is 0 Å². The van der Waals surface area contributed by atoms with Gasteiger partial charge in [-0.15, -0.1) is 0 Å². The number of halogens is 1. The van der Waals surface area contributed by atoms with E-state index in [4.69, 9.17) is 0 Å². The van der Waals surface area contributed by atoms with Gasteiger partial charge in [-0.3, -0.25) is 9.59 Å². The van der Waals surface area contributed by atoms with Gasteiger partial charge in [-0.05, 0) is 48.4 Å². The summed E-state index contributed by atoms with van der Waals surface area (Å²) in [7, 11) is 0. The van der Waals surface area contributed by atoms with Crippen LogP contribution in [-0.4, -0.2) is 30.3 Å². The Bertz CT molecular complexity index is 537. The molecule has 1 aliphatic heterocycles. The van der Waals surface area contributed by atoms with E-state index in [0.29, 0.717) is 25.2 Å². The van der Waals surface area contributed by atoms with Gasteiger partial charge < -0.3 is 10.2 Å². The Balaban J connectivity index is 2.22. The summed E-state index contributed by atoms with van der Waals surface area (Å²) in [6.45, 7) is 5.01. The van der Waals surface area contributed by atoms with Crippen LogP contribution in [0.2, 0.25) is 0 Å². The molecule has 1 aromatic carbocycles. The molecule has 1 heterocycles. The van der Waals surface area contributed by atoms with E-state index in [1.54, 1.807) is 17.9 Å². The number of nitrogens with one attached hydrogen (secondary N) is 1. The Hall–Kier alpha value is -1.91. The van der Waals surface area contributed by atoms with Gasteiger partial charge in [0.05, 0.1) is 0 Å². The van der Waals surface area contributed by atoms with Crippen molar-refractivity contribution in [2.24, 2.45) is 0 Å². The SMILES string of the molecule is CC(=O)NCc1cc(C)c(F)cc1C1CCN(C=O)CC1. The third-order valence-electron chi connectivity index (χ3n) is 4.07. The van der Waals surface area contributed by atoms with Gasteiger partial charge in [0.15, 0.2) is 0 Å². The predicted molar refractivity (Wildman–Crippen MR) is 78.3 cm³/mol. The Morgan fingerprint density at radius 1 is 1.43 bits per heavy atom. The van der Waals surface area contributed by atoms with Crippen LogP contribution < -0.4 is 5.32 Å². The van der Waals surface area contributed by atoms with Gasteiger partial charge in [-0.1, -0.05) is 6.07 Å². The Kier molecular flexibility index (Phi) is 4.94. The molecule has 114 valence electrons. The highest BCUT2D eigenvalue weighted by atomic mass is 19.1. The lowest BCUT2D eigenvalue weighted by molar-refractivity contribution is -0.120. The normalized spacial score (nSPS) is 15.9. The zero-order chi connectivity index (χ0) is 15.4. The minimum atomic E-state index is -0.214. The maximum absolute atomic E-state index is 13.9. The maximum Gasteiger partial charge on any atom is 0.217 e. The summed E-state index contributed by atoms with van der Waals surface area (Å²) >= 11 is 0. The fourth-order valence-corrected chi connectivity index (χ4v) is 2.83. The van der Waals surface area contributed by atoms with Crippen LogP contribution in [0, 0.1) is 12.7 Å². The van der Waals surface area contributed by atoms with Crippen molar-refractivity contribution in [1.29, 1.82) is 0 Å². The van der Waals surface area contributed by atoms with Crippen LogP contribution in [-0.2, 0) is 16.1 Å². The number of amides is 2. The summed E-state index contributed by atoms with van der Waals surface area (Å²) in [5.41, 5.74) is 2.51. The first-order chi connectivity index (χ1) is 10.0.